The number of anilines is 1. The zero-order chi connectivity index (χ0) is 24.3. The van der Waals surface area contributed by atoms with Gasteiger partial charge >= 0.3 is 5.97 Å². The van der Waals surface area contributed by atoms with Gasteiger partial charge in [-0.3, -0.25) is 15.0 Å². The first-order valence-electron chi connectivity index (χ1n) is 10.4. The van der Waals surface area contributed by atoms with Crippen LogP contribution in [0.2, 0.25) is 0 Å². The Labute approximate surface area is 201 Å². The number of ether oxygens (including phenoxy) is 4. The first kappa shape index (κ1) is 24.7. The van der Waals surface area contributed by atoms with Crippen molar-refractivity contribution in [3.05, 3.63) is 64.2 Å². The minimum atomic E-state index is -0.313. The van der Waals surface area contributed by atoms with Gasteiger partial charge in [-0.1, -0.05) is 0 Å². The van der Waals surface area contributed by atoms with Crippen LogP contribution in [0.4, 0.5) is 5.13 Å². The lowest BCUT2D eigenvalue weighted by molar-refractivity contribution is -0.142. The largest absolute Gasteiger partial charge is 0.496 e. The molecule has 0 atom stereocenters. The van der Waals surface area contributed by atoms with Crippen molar-refractivity contribution in [1.29, 1.82) is 0 Å². The lowest BCUT2D eigenvalue weighted by Crippen LogP contribution is -2.07. The monoisotopic (exact) mass is 483 g/mol. The number of carbonyl (C=O) groups excluding carboxylic acids is 2. The van der Waals surface area contributed by atoms with E-state index in [1.807, 2.05) is 6.07 Å². The molecule has 0 unspecified atom stereocenters. The highest BCUT2D eigenvalue weighted by molar-refractivity contribution is 7.13. The van der Waals surface area contributed by atoms with Gasteiger partial charge in [-0.2, -0.15) is 5.10 Å². The van der Waals surface area contributed by atoms with Crippen molar-refractivity contribution in [3.63, 3.8) is 0 Å². The van der Waals surface area contributed by atoms with E-state index in [-0.39, 0.29) is 19.0 Å². The maximum atomic E-state index is 11.5. The van der Waals surface area contributed by atoms with Crippen LogP contribution in [-0.2, 0) is 22.6 Å². The topological polar surface area (TPSA) is 108 Å². The molecule has 3 rings (SSSR count). The number of benzene rings is 2. The SMILES string of the molecule is CCOC(=O)Cc1csc(NN=Cc2ccc(OCc3cc(C=O)ccc3OC)c(OC)c2)n1. The summed E-state index contributed by atoms with van der Waals surface area (Å²) in [5.74, 6) is 1.38. The molecule has 0 fully saturated rings. The van der Waals surface area contributed by atoms with Crippen LogP contribution in [0.15, 0.2) is 46.9 Å². The molecule has 0 amide bonds. The predicted octanol–water partition coefficient (Wildman–Crippen LogP) is 4.10. The number of nitrogens with zero attached hydrogens (tertiary/aromatic N) is 2. The van der Waals surface area contributed by atoms with Crippen molar-refractivity contribution in [3.8, 4) is 17.2 Å². The first-order valence-corrected chi connectivity index (χ1v) is 11.3. The minimum Gasteiger partial charge on any atom is -0.496 e. The molecule has 1 N–H and O–H groups in total. The lowest BCUT2D eigenvalue weighted by atomic mass is 10.1. The number of methoxy groups -OCH3 is 2. The summed E-state index contributed by atoms with van der Waals surface area (Å²) in [7, 11) is 3.12. The van der Waals surface area contributed by atoms with Gasteiger partial charge in [0, 0.05) is 16.5 Å². The molecule has 0 radical (unpaired) electrons. The number of hydrazone groups is 1. The number of hydrogen-bond donors (Lipinski definition) is 1. The van der Waals surface area contributed by atoms with E-state index in [4.69, 9.17) is 18.9 Å². The molecular formula is C24H25N3O6S. The molecule has 0 aliphatic rings. The van der Waals surface area contributed by atoms with Gasteiger partial charge in [0.2, 0.25) is 5.13 Å². The Morgan fingerprint density at radius 1 is 1.09 bits per heavy atom. The van der Waals surface area contributed by atoms with Crippen LogP contribution in [0, 0.1) is 0 Å². The summed E-state index contributed by atoms with van der Waals surface area (Å²) in [6, 6.07) is 10.5. The first-order chi connectivity index (χ1) is 16.6. The van der Waals surface area contributed by atoms with Crippen LogP contribution in [0.1, 0.15) is 34.1 Å². The van der Waals surface area contributed by atoms with Gasteiger partial charge in [-0.25, -0.2) is 4.98 Å². The van der Waals surface area contributed by atoms with E-state index in [0.29, 0.717) is 40.2 Å². The van der Waals surface area contributed by atoms with Crippen LogP contribution in [0.25, 0.3) is 0 Å². The van der Waals surface area contributed by atoms with Crippen LogP contribution in [0.3, 0.4) is 0 Å². The van der Waals surface area contributed by atoms with Crippen LogP contribution < -0.4 is 19.6 Å². The van der Waals surface area contributed by atoms with Gasteiger partial charge in [0.05, 0.1) is 39.2 Å². The van der Waals surface area contributed by atoms with Gasteiger partial charge in [0.15, 0.2) is 11.5 Å². The van der Waals surface area contributed by atoms with Gasteiger partial charge in [0.1, 0.15) is 18.6 Å². The number of nitrogens with one attached hydrogen (secondary N) is 1. The molecule has 1 aromatic heterocycles. The standard InChI is InChI=1S/C24H25N3O6S/c1-4-32-23(29)11-19-15-34-24(26-19)27-25-12-16-5-8-21(22(10-16)31-3)33-14-18-9-17(13-28)6-7-20(18)30-2/h5-10,12-13,15H,4,11,14H2,1-3H3,(H,26,27). The van der Waals surface area contributed by atoms with Crippen LogP contribution in [-0.4, -0.2) is 44.3 Å². The molecular weight excluding hydrogens is 458 g/mol. The quantitative estimate of drug-likeness (QED) is 0.178. The highest BCUT2D eigenvalue weighted by Crippen LogP contribution is 2.30. The zero-order valence-electron chi connectivity index (χ0n) is 19.1. The maximum Gasteiger partial charge on any atom is 0.311 e. The van der Waals surface area contributed by atoms with E-state index in [1.165, 1.54) is 11.3 Å². The van der Waals surface area contributed by atoms with E-state index < -0.39 is 0 Å². The molecule has 0 saturated heterocycles. The second kappa shape index (κ2) is 12.4. The normalized spacial score (nSPS) is 10.7. The Hall–Kier alpha value is -3.92. The fourth-order valence-electron chi connectivity index (χ4n) is 2.99. The summed E-state index contributed by atoms with van der Waals surface area (Å²) in [5.41, 5.74) is 5.54. The fourth-order valence-corrected chi connectivity index (χ4v) is 3.64. The average Bonchev–Trinajstić information content (AvgIpc) is 3.29. The van der Waals surface area contributed by atoms with Crippen molar-refractivity contribution in [1.82, 2.24) is 4.98 Å². The average molecular weight is 484 g/mol. The summed E-state index contributed by atoms with van der Waals surface area (Å²) in [6.45, 7) is 2.31. The number of esters is 1. The summed E-state index contributed by atoms with van der Waals surface area (Å²) in [5, 5.41) is 6.54. The Morgan fingerprint density at radius 3 is 2.59 bits per heavy atom. The van der Waals surface area contributed by atoms with Crippen molar-refractivity contribution < 1.29 is 28.5 Å². The smallest absolute Gasteiger partial charge is 0.311 e. The number of aromatic nitrogens is 1. The van der Waals surface area contributed by atoms with Crippen molar-refractivity contribution in [2.75, 3.05) is 26.3 Å². The third-order valence-corrected chi connectivity index (χ3v) is 5.36. The molecule has 0 saturated carbocycles. The van der Waals surface area contributed by atoms with E-state index in [1.54, 1.807) is 63.1 Å². The van der Waals surface area contributed by atoms with E-state index in [9.17, 15) is 9.59 Å². The molecule has 0 bridgehead atoms. The minimum absolute atomic E-state index is 0.125. The molecule has 10 heteroatoms. The number of aldehydes is 1. The van der Waals surface area contributed by atoms with Crippen molar-refractivity contribution in [2.45, 2.75) is 20.0 Å². The van der Waals surface area contributed by atoms with E-state index in [0.717, 1.165) is 17.4 Å². The van der Waals surface area contributed by atoms with Crippen molar-refractivity contribution >= 4 is 34.9 Å². The van der Waals surface area contributed by atoms with Gasteiger partial charge < -0.3 is 18.9 Å². The molecule has 1 heterocycles. The van der Waals surface area contributed by atoms with Crippen LogP contribution >= 0.6 is 11.3 Å². The number of rotatable bonds is 12. The molecule has 9 nitrogen and oxygen atoms in total. The van der Waals surface area contributed by atoms with Gasteiger partial charge in [-0.15, -0.1) is 11.3 Å². The Balaban J connectivity index is 1.62. The molecule has 0 aliphatic heterocycles. The number of carbonyl (C=O) groups is 2. The number of thiazole rings is 1. The highest BCUT2D eigenvalue weighted by Gasteiger charge is 2.10. The van der Waals surface area contributed by atoms with E-state index >= 15 is 0 Å². The Kier molecular flexibility index (Phi) is 8.98. The van der Waals surface area contributed by atoms with Gasteiger partial charge in [-0.05, 0) is 48.9 Å². The Morgan fingerprint density at radius 2 is 1.85 bits per heavy atom. The molecule has 34 heavy (non-hydrogen) atoms. The maximum absolute atomic E-state index is 11.5. The third-order valence-electron chi connectivity index (χ3n) is 4.57. The second-order valence-corrected chi connectivity index (χ2v) is 7.74. The lowest BCUT2D eigenvalue weighted by Gasteiger charge is -2.13. The third kappa shape index (κ3) is 6.79. The number of hydrogen-bond acceptors (Lipinski definition) is 10. The predicted molar refractivity (Wildman–Crippen MR) is 129 cm³/mol. The summed E-state index contributed by atoms with van der Waals surface area (Å²) < 4.78 is 21.6. The summed E-state index contributed by atoms with van der Waals surface area (Å²) in [6.07, 6.45) is 2.52. The summed E-state index contributed by atoms with van der Waals surface area (Å²) in [4.78, 5) is 26.9. The molecule has 2 aromatic carbocycles. The van der Waals surface area contributed by atoms with Crippen molar-refractivity contribution in [2.24, 2.45) is 5.10 Å². The molecule has 178 valence electrons. The second-order valence-electron chi connectivity index (χ2n) is 6.88. The van der Waals surface area contributed by atoms with E-state index in [2.05, 4.69) is 15.5 Å². The Bertz CT molecular complexity index is 1160. The molecule has 0 spiro atoms. The fraction of sp³-hybridized carbons (Fsp3) is 0.250. The molecule has 3 aromatic rings. The molecule has 0 aliphatic carbocycles. The highest BCUT2D eigenvalue weighted by atomic mass is 32.1. The van der Waals surface area contributed by atoms with Gasteiger partial charge in [0.25, 0.3) is 0 Å². The van der Waals surface area contributed by atoms with Crippen LogP contribution in [0.5, 0.6) is 17.2 Å². The zero-order valence-corrected chi connectivity index (χ0v) is 19.9. The summed E-state index contributed by atoms with van der Waals surface area (Å²) >= 11 is 1.34.